The molecule has 0 aromatic heterocycles. The van der Waals surface area contributed by atoms with Gasteiger partial charge in [0.15, 0.2) is 17.8 Å². The van der Waals surface area contributed by atoms with Crippen molar-refractivity contribution in [3.05, 3.63) is 27.8 Å². The minimum Gasteiger partial charge on any atom is -0.493 e. The number of nitro groups is 1. The molecule has 0 spiro atoms. The first-order valence-electron chi connectivity index (χ1n) is 5.07. The van der Waals surface area contributed by atoms with Crippen molar-refractivity contribution < 1.29 is 23.9 Å². The van der Waals surface area contributed by atoms with Crippen LogP contribution >= 0.6 is 0 Å². The van der Waals surface area contributed by atoms with Crippen molar-refractivity contribution in [2.45, 2.75) is 0 Å². The van der Waals surface area contributed by atoms with Gasteiger partial charge in [-0.2, -0.15) is 0 Å². The highest BCUT2D eigenvalue weighted by molar-refractivity contribution is 5.83. The molecule has 1 aromatic rings. The van der Waals surface area contributed by atoms with Crippen molar-refractivity contribution in [3.8, 4) is 11.5 Å². The number of carbonyl (C=O) groups is 1. The van der Waals surface area contributed by atoms with Gasteiger partial charge in [0.25, 0.3) is 5.69 Å². The lowest BCUT2D eigenvalue weighted by molar-refractivity contribution is -0.385. The van der Waals surface area contributed by atoms with Crippen LogP contribution in [0.2, 0.25) is 0 Å². The Morgan fingerprint density at radius 3 is 2.50 bits per heavy atom. The number of ether oxygens (including phenoxy) is 3. The Morgan fingerprint density at radius 1 is 1.28 bits per heavy atom. The highest BCUT2D eigenvalue weighted by Crippen LogP contribution is 2.33. The van der Waals surface area contributed by atoms with Gasteiger partial charge in [-0.3, -0.25) is 14.9 Å². The van der Waals surface area contributed by atoms with E-state index in [4.69, 9.17) is 14.2 Å². The molecule has 0 aliphatic heterocycles. The van der Waals surface area contributed by atoms with Crippen molar-refractivity contribution in [1.29, 1.82) is 0 Å². The lowest BCUT2D eigenvalue weighted by Gasteiger charge is -2.10. The topological polar surface area (TPSA) is 87.9 Å². The first-order chi connectivity index (χ1) is 8.63. The zero-order chi connectivity index (χ0) is 13.5. The summed E-state index contributed by atoms with van der Waals surface area (Å²) in [5.41, 5.74) is -0.380. The second-order valence-corrected chi connectivity index (χ2v) is 3.28. The van der Waals surface area contributed by atoms with E-state index < -0.39 is 4.92 Å². The molecular weight excluding hydrogens is 242 g/mol. The molecule has 0 aliphatic carbocycles. The first-order valence-corrected chi connectivity index (χ1v) is 5.07. The Morgan fingerprint density at radius 2 is 2.00 bits per heavy atom. The van der Waals surface area contributed by atoms with Crippen LogP contribution in [0.25, 0.3) is 0 Å². The summed E-state index contributed by atoms with van der Waals surface area (Å²) in [7, 11) is 2.89. The summed E-state index contributed by atoms with van der Waals surface area (Å²) in [6.45, 7) is 0.611. The van der Waals surface area contributed by atoms with E-state index in [1.54, 1.807) is 0 Å². The van der Waals surface area contributed by atoms with Gasteiger partial charge in [0.05, 0.1) is 30.3 Å². The third-order valence-corrected chi connectivity index (χ3v) is 2.18. The Balaban J connectivity index is 3.09. The van der Waals surface area contributed by atoms with Crippen LogP contribution in [-0.4, -0.2) is 38.6 Å². The number of hydrogen-bond acceptors (Lipinski definition) is 6. The molecule has 0 amide bonds. The molecule has 18 heavy (non-hydrogen) atoms. The Labute approximate surface area is 103 Å². The molecule has 7 heteroatoms. The SMILES string of the molecule is COCCOc1cc(C=O)c([N+](=O)[O-])cc1OC. The van der Waals surface area contributed by atoms with Crippen molar-refractivity contribution in [2.24, 2.45) is 0 Å². The van der Waals surface area contributed by atoms with Crippen LogP contribution < -0.4 is 9.47 Å². The molecule has 1 rings (SSSR count). The summed E-state index contributed by atoms with van der Waals surface area (Å²) < 4.78 is 15.1. The number of rotatable bonds is 7. The maximum atomic E-state index is 10.8. The Kier molecular flexibility index (Phi) is 5.06. The maximum Gasteiger partial charge on any atom is 0.283 e. The van der Waals surface area contributed by atoms with Crippen LogP contribution in [0.3, 0.4) is 0 Å². The van der Waals surface area contributed by atoms with E-state index in [9.17, 15) is 14.9 Å². The Bertz CT molecular complexity index is 445. The zero-order valence-corrected chi connectivity index (χ0v) is 10.0. The van der Waals surface area contributed by atoms with Gasteiger partial charge in [-0.15, -0.1) is 0 Å². The average molecular weight is 255 g/mol. The van der Waals surface area contributed by atoms with Crippen LogP contribution in [0.5, 0.6) is 11.5 Å². The molecule has 0 heterocycles. The van der Waals surface area contributed by atoms with Gasteiger partial charge in [0.1, 0.15) is 6.61 Å². The number of nitrogens with zero attached hydrogens (tertiary/aromatic N) is 1. The summed E-state index contributed by atoms with van der Waals surface area (Å²) >= 11 is 0. The minimum atomic E-state index is -0.648. The molecular formula is C11H13NO6. The van der Waals surface area contributed by atoms with Gasteiger partial charge >= 0.3 is 0 Å². The predicted octanol–water partition coefficient (Wildman–Crippen LogP) is 1.44. The van der Waals surface area contributed by atoms with Crippen molar-refractivity contribution in [3.63, 3.8) is 0 Å². The van der Waals surface area contributed by atoms with E-state index in [-0.39, 0.29) is 29.4 Å². The second-order valence-electron chi connectivity index (χ2n) is 3.28. The fourth-order valence-corrected chi connectivity index (χ4v) is 1.32. The number of hydrogen-bond donors (Lipinski definition) is 0. The van der Waals surface area contributed by atoms with Crippen molar-refractivity contribution >= 4 is 12.0 Å². The summed E-state index contributed by atoms with van der Waals surface area (Å²) in [6, 6.07) is 2.44. The van der Waals surface area contributed by atoms with E-state index >= 15 is 0 Å². The van der Waals surface area contributed by atoms with Crippen LogP contribution in [0.15, 0.2) is 12.1 Å². The van der Waals surface area contributed by atoms with Gasteiger partial charge in [-0.05, 0) is 0 Å². The zero-order valence-electron chi connectivity index (χ0n) is 10.0. The monoisotopic (exact) mass is 255 g/mol. The van der Waals surface area contributed by atoms with E-state index in [1.165, 1.54) is 20.3 Å². The standard InChI is InChI=1S/C11H13NO6/c1-16-3-4-18-11-5-8(7-13)9(12(14)15)6-10(11)17-2/h5-7H,3-4H2,1-2H3. The highest BCUT2D eigenvalue weighted by Gasteiger charge is 2.19. The first kappa shape index (κ1) is 13.9. The Hall–Kier alpha value is -2.15. The molecule has 0 fully saturated rings. The van der Waals surface area contributed by atoms with Crippen molar-refractivity contribution in [2.75, 3.05) is 27.4 Å². The largest absolute Gasteiger partial charge is 0.493 e. The van der Waals surface area contributed by atoms with Gasteiger partial charge in [-0.25, -0.2) is 0 Å². The van der Waals surface area contributed by atoms with Gasteiger partial charge in [0.2, 0.25) is 0 Å². The summed E-state index contributed by atoms with van der Waals surface area (Å²) in [4.78, 5) is 20.9. The maximum absolute atomic E-state index is 10.8. The molecule has 0 atom stereocenters. The quantitative estimate of drug-likeness (QED) is 0.317. The fraction of sp³-hybridized carbons (Fsp3) is 0.364. The number of nitro benzene ring substituents is 1. The average Bonchev–Trinajstić information content (AvgIpc) is 2.38. The number of carbonyl (C=O) groups excluding carboxylic acids is 1. The van der Waals surface area contributed by atoms with E-state index in [0.29, 0.717) is 12.9 Å². The molecule has 0 aliphatic rings. The lowest BCUT2D eigenvalue weighted by atomic mass is 10.1. The van der Waals surface area contributed by atoms with Gasteiger partial charge < -0.3 is 14.2 Å². The van der Waals surface area contributed by atoms with E-state index in [2.05, 4.69) is 0 Å². The molecule has 1 aromatic carbocycles. The van der Waals surface area contributed by atoms with Crippen molar-refractivity contribution in [1.82, 2.24) is 0 Å². The molecule has 0 saturated heterocycles. The minimum absolute atomic E-state index is 0.0618. The molecule has 0 radical (unpaired) electrons. The molecule has 0 unspecified atom stereocenters. The second kappa shape index (κ2) is 6.55. The smallest absolute Gasteiger partial charge is 0.283 e. The normalized spacial score (nSPS) is 9.89. The van der Waals surface area contributed by atoms with Crippen LogP contribution in [0.1, 0.15) is 10.4 Å². The van der Waals surface area contributed by atoms with E-state index in [0.717, 1.165) is 6.07 Å². The number of benzene rings is 1. The number of aldehydes is 1. The lowest BCUT2D eigenvalue weighted by Crippen LogP contribution is -2.06. The third kappa shape index (κ3) is 3.17. The predicted molar refractivity (Wildman–Crippen MR) is 62.4 cm³/mol. The molecule has 7 nitrogen and oxygen atoms in total. The molecule has 98 valence electrons. The summed E-state index contributed by atoms with van der Waals surface area (Å²) in [5.74, 6) is 0.464. The summed E-state index contributed by atoms with van der Waals surface area (Å²) in [5, 5.41) is 10.8. The summed E-state index contributed by atoms with van der Waals surface area (Å²) in [6.07, 6.45) is 0.404. The van der Waals surface area contributed by atoms with E-state index in [1.807, 2.05) is 0 Å². The molecule has 0 N–H and O–H groups in total. The molecule has 0 bridgehead atoms. The van der Waals surface area contributed by atoms with Gasteiger partial charge in [-0.1, -0.05) is 0 Å². The third-order valence-electron chi connectivity index (χ3n) is 2.18. The molecule has 0 saturated carbocycles. The fourth-order valence-electron chi connectivity index (χ4n) is 1.32. The number of methoxy groups -OCH3 is 2. The van der Waals surface area contributed by atoms with Crippen LogP contribution in [0, 0.1) is 10.1 Å². The van der Waals surface area contributed by atoms with Crippen LogP contribution in [-0.2, 0) is 4.74 Å². The van der Waals surface area contributed by atoms with Crippen LogP contribution in [0.4, 0.5) is 5.69 Å². The highest BCUT2D eigenvalue weighted by atomic mass is 16.6. The van der Waals surface area contributed by atoms with Gasteiger partial charge in [0, 0.05) is 13.2 Å².